The molecule has 29 heavy (non-hydrogen) atoms. The first kappa shape index (κ1) is 23.5. The zero-order valence-electron chi connectivity index (χ0n) is 18.7. The lowest BCUT2D eigenvalue weighted by Gasteiger charge is -2.21. The minimum atomic E-state index is -0.156. The van der Waals surface area contributed by atoms with E-state index in [1.807, 2.05) is 48.5 Å². The van der Waals surface area contributed by atoms with Gasteiger partial charge < -0.3 is 0 Å². The van der Waals surface area contributed by atoms with Crippen molar-refractivity contribution < 1.29 is 9.36 Å². The van der Waals surface area contributed by atoms with E-state index >= 15 is 0 Å². The molecule has 0 saturated heterocycles. The van der Waals surface area contributed by atoms with Crippen LogP contribution in [-0.4, -0.2) is 5.78 Å². The first-order valence-corrected chi connectivity index (χ1v) is 11.6. The molecule has 2 rings (SSSR count). The summed E-state index contributed by atoms with van der Waals surface area (Å²) >= 11 is 0. The third kappa shape index (κ3) is 6.34. The number of hydrogen-bond acceptors (Lipinski definition) is 2. The Kier molecular flexibility index (Phi) is 8.34. The molecule has 0 fully saturated rings. The van der Waals surface area contributed by atoms with Gasteiger partial charge in [0, 0.05) is 11.1 Å². The first-order valence-electron chi connectivity index (χ1n) is 10.7. The highest BCUT2D eigenvalue weighted by molar-refractivity contribution is 7.24. The Morgan fingerprint density at radius 2 is 1.55 bits per heavy atom. The van der Waals surface area contributed by atoms with Crippen molar-refractivity contribution in [3.05, 3.63) is 70.8 Å². The van der Waals surface area contributed by atoms with Crippen molar-refractivity contribution in [2.24, 2.45) is 11.8 Å². The lowest BCUT2D eigenvalue weighted by atomic mass is 9.85. The van der Waals surface area contributed by atoms with E-state index in [2.05, 4.69) is 41.5 Å². The highest BCUT2D eigenvalue weighted by atomic mass is 31.1. The van der Waals surface area contributed by atoms with Crippen molar-refractivity contribution in [3.8, 4) is 0 Å². The average Bonchev–Trinajstić information content (AvgIpc) is 2.67. The minimum Gasteiger partial charge on any atom is -0.289 e. The molecule has 0 N–H and O–H groups in total. The molecule has 2 unspecified atom stereocenters. The molecule has 0 aliphatic carbocycles. The van der Waals surface area contributed by atoms with Gasteiger partial charge in [-0.25, -0.2) is 0 Å². The van der Waals surface area contributed by atoms with Gasteiger partial charge in [-0.1, -0.05) is 103 Å². The second-order valence-electron chi connectivity index (χ2n) is 9.60. The molecule has 2 aromatic rings. The van der Waals surface area contributed by atoms with Crippen LogP contribution in [0.1, 0.15) is 93.5 Å². The molecule has 0 aromatic heterocycles. The summed E-state index contributed by atoms with van der Waals surface area (Å²) in [5.41, 5.74) is 3.34. The summed E-state index contributed by atoms with van der Waals surface area (Å²) < 4.78 is 12.1. The Morgan fingerprint density at radius 3 is 2.10 bits per heavy atom. The highest BCUT2D eigenvalue weighted by Gasteiger charge is 2.25. The summed E-state index contributed by atoms with van der Waals surface area (Å²) in [7, 11) is 0.0838. The summed E-state index contributed by atoms with van der Waals surface area (Å²) in [6.07, 6.45) is 3.31. The van der Waals surface area contributed by atoms with E-state index in [0.717, 1.165) is 18.4 Å². The van der Waals surface area contributed by atoms with Crippen LogP contribution >= 0.6 is 8.46 Å². The molecule has 2 aromatic carbocycles. The van der Waals surface area contributed by atoms with Gasteiger partial charge in [0.05, 0.1) is 5.66 Å². The molecule has 0 saturated carbocycles. The fourth-order valence-corrected chi connectivity index (χ4v) is 4.41. The largest absolute Gasteiger partial charge is 0.289 e. The molecular formula is C26H35O2P. The number of carbonyl (C=O) groups excluding carboxylic acids is 1. The summed E-state index contributed by atoms with van der Waals surface area (Å²) in [6, 6.07) is 15.6. The minimum absolute atomic E-state index is 0.00379. The van der Waals surface area contributed by atoms with Crippen molar-refractivity contribution in [1.82, 2.24) is 0 Å². The standard InChI is InChI=1S/C26H35O2P/c1-18(2)10-9-11-19(3)25(29-28)23-13-8-7-12-22(23)24(27)20-14-16-21(17-15-20)26(4,5)6/h7-8,12-19,25H,9-11H2,1-6H3. The van der Waals surface area contributed by atoms with Crippen LogP contribution in [0.15, 0.2) is 48.5 Å². The third-order valence-electron chi connectivity index (χ3n) is 5.63. The summed E-state index contributed by atoms with van der Waals surface area (Å²) in [6.45, 7) is 13.1. The van der Waals surface area contributed by atoms with Crippen LogP contribution in [0.25, 0.3) is 0 Å². The Labute approximate surface area is 178 Å². The van der Waals surface area contributed by atoms with Gasteiger partial charge in [0.1, 0.15) is 0 Å². The van der Waals surface area contributed by atoms with Crippen molar-refractivity contribution in [2.45, 2.75) is 71.9 Å². The van der Waals surface area contributed by atoms with Crippen LogP contribution in [0.5, 0.6) is 0 Å². The van der Waals surface area contributed by atoms with Crippen molar-refractivity contribution in [3.63, 3.8) is 0 Å². The van der Waals surface area contributed by atoms with E-state index in [1.165, 1.54) is 12.0 Å². The SMILES string of the molecule is CC(C)CCCC(C)C(P=O)c1ccccc1C(=O)c1ccc(C(C)(C)C)cc1. The molecule has 156 valence electrons. The van der Waals surface area contributed by atoms with E-state index in [0.29, 0.717) is 17.0 Å². The molecule has 3 heteroatoms. The Balaban J connectivity index is 2.28. The number of rotatable bonds is 9. The molecule has 0 aliphatic heterocycles. The van der Waals surface area contributed by atoms with Gasteiger partial charge in [-0.2, -0.15) is 0 Å². The molecule has 0 bridgehead atoms. The van der Waals surface area contributed by atoms with Gasteiger partial charge in [0.15, 0.2) is 14.2 Å². The molecule has 0 spiro atoms. The van der Waals surface area contributed by atoms with Crippen LogP contribution < -0.4 is 0 Å². The van der Waals surface area contributed by atoms with E-state index < -0.39 is 0 Å². The fourth-order valence-electron chi connectivity index (χ4n) is 3.71. The van der Waals surface area contributed by atoms with Gasteiger partial charge in [-0.05, 0) is 34.8 Å². The third-order valence-corrected chi connectivity index (χ3v) is 6.64. The predicted octanol–water partition coefficient (Wildman–Crippen LogP) is 8.01. The van der Waals surface area contributed by atoms with Gasteiger partial charge in [-0.3, -0.25) is 9.36 Å². The van der Waals surface area contributed by atoms with Crippen LogP contribution in [0.4, 0.5) is 0 Å². The summed E-state index contributed by atoms with van der Waals surface area (Å²) in [5.74, 6) is 0.935. The molecule has 0 radical (unpaired) electrons. The van der Waals surface area contributed by atoms with Gasteiger partial charge in [0.25, 0.3) is 0 Å². The normalized spacial score (nSPS) is 14.2. The Hall–Kier alpha value is -1.79. The number of hydrogen-bond donors (Lipinski definition) is 0. The van der Waals surface area contributed by atoms with Crippen molar-refractivity contribution in [1.29, 1.82) is 0 Å². The van der Waals surface area contributed by atoms with E-state index in [1.54, 1.807) is 0 Å². The zero-order chi connectivity index (χ0) is 21.6. The van der Waals surface area contributed by atoms with Crippen LogP contribution in [0.2, 0.25) is 0 Å². The quantitative estimate of drug-likeness (QED) is 0.310. The zero-order valence-corrected chi connectivity index (χ0v) is 19.6. The number of carbonyl (C=O) groups is 1. The maximum atomic E-state index is 13.3. The number of ketones is 1. The number of benzene rings is 2. The molecular weight excluding hydrogens is 375 g/mol. The van der Waals surface area contributed by atoms with E-state index in [4.69, 9.17) is 0 Å². The topological polar surface area (TPSA) is 34.1 Å². The predicted molar refractivity (Wildman–Crippen MR) is 123 cm³/mol. The summed E-state index contributed by atoms with van der Waals surface area (Å²) in [5, 5.41) is 0. The van der Waals surface area contributed by atoms with E-state index in [9.17, 15) is 9.36 Å². The second-order valence-corrected chi connectivity index (χ2v) is 10.4. The second kappa shape index (κ2) is 10.3. The first-order chi connectivity index (χ1) is 13.6. The lowest BCUT2D eigenvalue weighted by molar-refractivity contribution is 0.103. The van der Waals surface area contributed by atoms with Crippen molar-refractivity contribution >= 4 is 14.2 Å². The lowest BCUT2D eigenvalue weighted by Crippen LogP contribution is -2.13. The summed E-state index contributed by atoms with van der Waals surface area (Å²) in [4.78, 5) is 13.3. The van der Waals surface area contributed by atoms with Crippen LogP contribution in [0.3, 0.4) is 0 Å². The molecule has 0 heterocycles. The molecule has 2 nitrogen and oxygen atoms in total. The smallest absolute Gasteiger partial charge is 0.193 e. The molecule has 2 atom stereocenters. The monoisotopic (exact) mass is 410 g/mol. The fraction of sp³-hybridized carbons (Fsp3) is 0.500. The highest BCUT2D eigenvalue weighted by Crippen LogP contribution is 2.39. The van der Waals surface area contributed by atoms with E-state index in [-0.39, 0.29) is 31.2 Å². The molecule has 0 amide bonds. The van der Waals surface area contributed by atoms with Crippen LogP contribution in [0, 0.1) is 11.8 Å². The maximum absolute atomic E-state index is 13.3. The van der Waals surface area contributed by atoms with Crippen molar-refractivity contribution in [2.75, 3.05) is 0 Å². The van der Waals surface area contributed by atoms with Gasteiger partial charge in [0.2, 0.25) is 0 Å². The molecule has 0 aliphatic rings. The Morgan fingerprint density at radius 1 is 0.931 bits per heavy atom. The Bertz CT molecular complexity index is 815. The maximum Gasteiger partial charge on any atom is 0.193 e. The van der Waals surface area contributed by atoms with Gasteiger partial charge in [-0.15, -0.1) is 0 Å². The van der Waals surface area contributed by atoms with Crippen LogP contribution in [-0.2, 0) is 9.98 Å². The average molecular weight is 411 g/mol. The van der Waals surface area contributed by atoms with Gasteiger partial charge >= 0.3 is 0 Å².